The van der Waals surface area contributed by atoms with Crippen LogP contribution in [0.5, 0.6) is 0 Å². The molecule has 204 valence electrons. The molecule has 2 amide bonds. The van der Waals surface area contributed by atoms with Gasteiger partial charge in [0.2, 0.25) is 5.91 Å². The van der Waals surface area contributed by atoms with Crippen LogP contribution in [0.25, 0.3) is 10.8 Å². The summed E-state index contributed by atoms with van der Waals surface area (Å²) in [5.74, 6) is 1.61. The van der Waals surface area contributed by atoms with Crippen LogP contribution >= 0.6 is 11.8 Å². The molecule has 2 atom stereocenters. The molecule has 0 aliphatic carbocycles. The topological polar surface area (TPSA) is 99.5 Å². The summed E-state index contributed by atoms with van der Waals surface area (Å²) < 4.78 is 5.68. The number of nitro groups is 1. The highest BCUT2D eigenvalue weighted by Crippen LogP contribution is 2.35. The highest BCUT2D eigenvalue weighted by Gasteiger charge is 2.45. The third-order valence-electron chi connectivity index (χ3n) is 7.50. The van der Waals surface area contributed by atoms with Gasteiger partial charge >= 0.3 is 6.09 Å². The van der Waals surface area contributed by atoms with Gasteiger partial charge in [0.25, 0.3) is 5.69 Å². The molecule has 0 unspecified atom stereocenters. The van der Waals surface area contributed by atoms with Gasteiger partial charge in [-0.2, -0.15) is 0 Å². The summed E-state index contributed by atoms with van der Waals surface area (Å²) >= 11 is 1.74. The van der Waals surface area contributed by atoms with E-state index in [4.69, 9.17) is 4.74 Å². The average Bonchev–Trinajstić information content (AvgIpc) is 3.58. The third kappa shape index (κ3) is 5.40. The largest absolute Gasteiger partial charge is 0.444 e. The number of piperazine rings is 1. The van der Waals surface area contributed by atoms with E-state index in [9.17, 15) is 19.7 Å². The van der Waals surface area contributed by atoms with Gasteiger partial charge in [-0.1, -0.05) is 18.2 Å². The van der Waals surface area contributed by atoms with E-state index in [2.05, 4.69) is 9.80 Å². The van der Waals surface area contributed by atoms with Crippen LogP contribution in [0.2, 0.25) is 0 Å². The number of likely N-dealkylation sites (tertiary alicyclic amines) is 1. The molecular weight excluding hydrogens is 506 g/mol. The van der Waals surface area contributed by atoms with E-state index in [-0.39, 0.29) is 22.6 Å². The Morgan fingerprint density at radius 2 is 1.74 bits per heavy atom. The van der Waals surface area contributed by atoms with Gasteiger partial charge in [-0.15, -0.1) is 11.8 Å². The minimum atomic E-state index is -0.634. The molecule has 5 rings (SSSR count). The Labute approximate surface area is 227 Å². The highest BCUT2D eigenvalue weighted by atomic mass is 32.2. The quantitative estimate of drug-likeness (QED) is 0.426. The van der Waals surface area contributed by atoms with Gasteiger partial charge in [0.05, 0.1) is 16.2 Å². The molecule has 3 fully saturated rings. The van der Waals surface area contributed by atoms with Crippen molar-refractivity contribution in [3.05, 3.63) is 46.5 Å². The monoisotopic (exact) mass is 541 g/mol. The number of rotatable bonds is 4. The molecule has 10 nitrogen and oxygen atoms in total. The number of non-ortho nitro benzene ring substituents is 1. The molecular formula is C27H35N5O5S. The van der Waals surface area contributed by atoms with Gasteiger partial charge in [0.1, 0.15) is 11.6 Å². The van der Waals surface area contributed by atoms with E-state index < -0.39 is 17.7 Å². The first-order valence-corrected chi connectivity index (χ1v) is 14.3. The zero-order chi connectivity index (χ0) is 27.0. The van der Waals surface area contributed by atoms with Crippen molar-refractivity contribution in [1.82, 2.24) is 14.7 Å². The first-order chi connectivity index (χ1) is 18.1. The Balaban J connectivity index is 1.30. The molecule has 3 aliphatic heterocycles. The molecule has 0 saturated carbocycles. The van der Waals surface area contributed by atoms with Crippen molar-refractivity contribution in [3.63, 3.8) is 0 Å². The number of amides is 2. The van der Waals surface area contributed by atoms with Crippen molar-refractivity contribution in [1.29, 1.82) is 0 Å². The van der Waals surface area contributed by atoms with Crippen LogP contribution in [0.15, 0.2) is 36.4 Å². The van der Waals surface area contributed by atoms with Crippen molar-refractivity contribution >= 4 is 45.9 Å². The number of fused-ring (bicyclic) bond motifs is 1. The molecule has 3 heterocycles. The zero-order valence-corrected chi connectivity index (χ0v) is 23.0. The van der Waals surface area contributed by atoms with E-state index in [0.717, 1.165) is 43.0 Å². The van der Waals surface area contributed by atoms with Gasteiger partial charge in [-0.25, -0.2) is 4.79 Å². The fourth-order valence-corrected chi connectivity index (χ4v) is 6.62. The average molecular weight is 542 g/mol. The standard InChI is InChI=1S/C27H35N5O5S/c1-27(2,3)37-26(34)31-17-19(16-24(31)25(33)30-14-15-38-18-30)28-10-12-29(13-11-28)22-8-9-23(32(35)36)21-7-5-4-6-20(21)22/h4-9,19,24H,10-18H2,1-3H3/t19-,24-/m0/s1. The van der Waals surface area contributed by atoms with Crippen molar-refractivity contribution in [2.75, 3.05) is 55.8 Å². The summed E-state index contributed by atoms with van der Waals surface area (Å²) in [5.41, 5.74) is 0.473. The van der Waals surface area contributed by atoms with Crippen molar-refractivity contribution < 1.29 is 19.2 Å². The normalized spacial score (nSPS) is 22.8. The van der Waals surface area contributed by atoms with Crippen LogP contribution in [0.4, 0.5) is 16.2 Å². The lowest BCUT2D eigenvalue weighted by atomic mass is 10.0. The van der Waals surface area contributed by atoms with Crippen LogP contribution in [-0.4, -0.2) is 100 Å². The van der Waals surface area contributed by atoms with E-state index >= 15 is 0 Å². The van der Waals surface area contributed by atoms with Gasteiger partial charge in [0, 0.05) is 68.2 Å². The van der Waals surface area contributed by atoms with Gasteiger partial charge in [-0.3, -0.25) is 24.7 Å². The van der Waals surface area contributed by atoms with Gasteiger partial charge < -0.3 is 14.5 Å². The maximum Gasteiger partial charge on any atom is 0.411 e. The predicted molar refractivity (Wildman–Crippen MR) is 149 cm³/mol. The van der Waals surface area contributed by atoms with Crippen LogP contribution in [0, 0.1) is 10.1 Å². The second kappa shape index (κ2) is 10.6. The molecule has 0 spiro atoms. The highest BCUT2D eigenvalue weighted by molar-refractivity contribution is 7.99. The van der Waals surface area contributed by atoms with Crippen LogP contribution in [-0.2, 0) is 9.53 Å². The number of benzene rings is 2. The fourth-order valence-electron chi connectivity index (χ4n) is 5.66. The Hall–Kier alpha value is -3.05. The molecule has 11 heteroatoms. The number of carbonyl (C=O) groups excluding carboxylic acids is 2. The Morgan fingerprint density at radius 1 is 1.03 bits per heavy atom. The van der Waals surface area contributed by atoms with E-state index in [1.54, 1.807) is 28.8 Å². The molecule has 2 aromatic rings. The predicted octanol–water partition coefficient (Wildman–Crippen LogP) is 3.78. The number of ether oxygens (including phenoxy) is 1. The SMILES string of the molecule is CC(C)(C)OC(=O)N1C[C@@H](N2CCN(c3ccc([N+](=O)[O-])c4ccccc34)CC2)C[C@H]1C(=O)N1CCSC1. The lowest BCUT2D eigenvalue weighted by Gasteiger charge is -2.39. The Kier molecular flexibility index (Phi) is 7.41. The molecule has 38 heavy (non-hydrogen) atoms. The summed E-state index contributed by atoms with van der Waals surface area (Å²) in [6, 6.07) is 10.5. The number of nitrogens with zero attached hydrogens (tertiary/aromatic N) is 5. The Morgan fingerprint density at radius 3 is 2.37 bits per heavy atom. The summed E-state index contributed by atoms with van der Waals surface area (Å²) in [6.45, 7) is 9.77. The molecule has 0 bridgehead atoms. The number of nitro benzene ring substituents is 1. The maximum atomic E-state index is 13.4. The first kappa shape index (κ1) is 26.6. The number of hydrogen-bond acceptors (Lipinski definition) is 8. The number of thioether (sulfide) groups is 1. The molecule has 0 radical (unpaired) electrons. The summed E-state index contributed by atoms with van der Waals surface area (Å²) in [5, 5.41) is 13.0. The second-order valence-electron chi connectivity index (χ2n) is 11.1. The maximum absolute atomic E-state index is 13.4. The fraction of sp³-hybridized carbons (Fsp3) is 0.556. The van der Waals surface area contributed by atoms with E-state index in [0.29, 0.717) is 30.8 Å². The molecule has 2 aromatic carbocycles. The van der Waals surface area contributed by atoms with Crippen LogP contribution in [0.1, 0.15) is 27.2 Å². The van der Waals surface area contributed by atoms with Crippen molar-refractivity contribution in [2.45, 2.75) is 44.9 Å². The van der Waals surface area contributed by atoms with Crippen LogP contribution < -0.4 is 4.90 Å². The van der Waals surface area contributed by atoms with E-state index in [1.165, 1.54) is 0 Å². The number of carbonyl (C=O) groups is 2. The smallest absolute Gasteiger partial charge is 0.411 e. The second-order valence-corrected chi connectivity index (χ2v) is 12.2. The summed E-state index contributed by atoms with van der Waals surface area (Å²) in [7, 11) is 0. The Bertz CT molecular complexity index is 1220. The van der Waals surface area contributed by atoms with E-state index in [1.807, 2.05) is 49.9 Å². The van der Waals surface area contributed by atoms with Gasteiger partial charge in [-0.05, 0) is 39.3 Å². The molecule has 3 saturated heterocycles. The minimum absolute atomic E-state index is 0.0133. The summed E-state index contributed by atoms with van der Waals surface area (Å²) in [6.07, 6.45) is 0.167. The third-order valence-corrected chi connectivity index (χ3v) is 8.47. The van der Waals surface area contributed by atoms with Gasteiger partial charge in [0.15, 0.2) is 0 Å². The molecule has 3 aliphatic rings. The minimum Gasteiger partial charge on any atom is -0.444 e. The van der Waals surface area contributed by atoms with Crippen molar-refractivity contribution in [3.8, 4) is 0 Å². The zero-order valence-electron chi connectivity index (χ0n) is 22.2. The van der Waals surface area contributed by atoms with Crippen molar-refractivity contribution in [2.24, 2.45) is 0 Å². The molecule has 0 N–H and O–H groups in total. The van der Waals surface area contributed by atoms with Crippen LogP contribution in [0.3, 0.4) is 0 Å². The lowest BCUT2D eigenvalue weighted by Crippen LogP contribution is -2.51. The molecule has 0 aromatic heterocycles. The number of anilines is 1. The lowest BCUT2D eigenvalue weighted by molar-refractivity contribution is -0.383. The summed E-state index contributed by atoms with van der Waals surface area (Å²) in [4.78, 5) is 45.8. The first-order valence-electron chi connectivity index (χ1n) is 13.1. The number of hydrogen-bond donors (Lipinski definition) is 0.